The van der Waals surface area contributed by atoms with Crippen molar-refractivity contribution in [2.75, 3.05) is 6.54 Å². The van der Waals surface area contributed by atoms with Crippen molar-refractivity contribution in [3.63, 3.8) is 0 Å². The second-order valence-corrected chi connectivity index (χ2v) is 7.95. The van der Waals surface area contributed by atoms with Gasteiger partial charge in [-0.3, -0.25) is 9.13 Å². The molecule has 0 bridgehead atoms. The Morgan fingerprint density at radius 1 is 1.17 bits per heavy atom. The molecule has 0 saturated heterocycles. The van der Waals surface area contributed by atoms with Gasteiger partial charge >= 0.3 is 5.69 Å². The van der Waals surface area contributed by atoms with Gasteiger partial charge in [-0.15, -0.1) is 0 Å². The molecule has 0 aliphatic rings. The fraction of sp³-hybridized carbons (Fsp3) is 0.533. The minimum Gasteiger partial charge on any atom is -0.329 e. The summed E-state index contributed by atoms with van der Waals surface area (Å²) in [5, 5.41) is 0. The van der Waals surface area contributed by atoms with E-state index in [1.165, 1.54) is 21.3 Å². The van der Waals surface area contributed by atoms with E-state index < -0.39 is 10.0 Å². The molecule has 128 valence electrons. The molecule has 0 radical (unpaired) electrons. The third-order valence-electron chi connectivity index (χ3n) is 3.92. The first-order chi connectivity index (χ1) is 10.7. The third kappa shape index (κ3) is 3.49. The van der Waals surface area contributed by atoms with Crippen LogP contribution >= 0.6 is 0 Å². The van der Waals surface area contributed by atoms with Gasteiger partial charge in [0.1, 0.15) is 0 Å². The first-order valence-electron chi connectivity index (χ1n) is 7.55. The molecule has 3 N–H and O–H groups in total. The van der Waals surface area contributed by atoms with Gasteiger partial charge in [-0.05, 0) is 30.5 Å². The fourth-order valence-corrected chi connectivity index (χ4v) is 3.98. The highest BCUT2D eigenvalue weighted by Crippen LogP contribution is 2.18. The highest BCUT2D eigenvalue weighted by molar-refractivity contribution is 7.89. The molecule has 1 heterocycles. The van der Waals surface area contributed by atoms with Crippen LogP contribution in [0.15, 0.2) is 27.9 Å². The molecule has 0 fully saturated rings. The number of imidazole rings is 1. The summed E-state index contributed by atoms with van der Waals surface area (Å²) in [5.74, 6) is 0.337. The zero-order chi connectivity index (χ0) is 17.4. The summed E-state index contributed by atoms with van der Waals surface area (Å²) in [6, 6.07) is 4.36. The number of hydrogen-bond donors (Lipinski definition) is 2. The van der Waals surface area contributed by atoms with Crippen molar-refractivity contribution < 1.29 is 8.42 Å². The number of aromatic nitrogens is 2. The predicted octanol–water partition coefficient (Wildman–Crippen LogP) is 0.529. The molecule has 2 rings (SSSR count). The van der Waals surface area contributed by atoms with Crippen LogP contribution < -0.4 is 16.1 Å². The molecular formula is C15H24N4O3S. The lowest BCUT2D eigenvalue weighted by atomic mass is 10.1. The molecule has 0 aliphatic carbocycles. The summed E-state index contributed by atoms with van der Waals surface area (Å²) in [6.07, 6.45) is 0.668. The molecule has 2 aromatic rings. The molecule has 1 aromatic carbocycles. The van der Waals surface area contributed by atoms with Gasteiger partial charge in [-0.2, -0.15) is 0 Å². The number of benzene rings is 1. The molecule has 1 unspecified atom stereocenters. The van der Waals surface area contributed by atoms with Crippen molar-refractivity contribution in [3.8, 4) is 0 Å². The number of sulfonamides is 1. The number of nitrogens with zero attached hydrogens (tertiary/aromatic N) is 2. The van der Waals surface area contributed by atoms with Gasteiger partial charge in [0, 0.05) is 26.7 Å². The minimum atomic E-state index is -3.68. The molecule has 0 amide bonds. The molecule has 8 heteroatoms. The molecule has 1 aromatic heterocycles. The van der Waals surface area contributed by atoms with Gasteiger partial charge in [0.15, 0.2) is 0 Å². The molecule has 23 heavy (non-hydrogen) atoms. The van der Waals surface area contributed by atoms with Crippen LogP contribution in [-0.4, -0.2) is 30.1 Å². The van der Waals surface area contributed by atoms with Crippen LogP contribution in [0, 0.1) is 5.92 Å². The number of nitrogens with two attached hydrogens (primary N) is 1. The lowest BCUT2D eigenvalue weighted by Gasteiger charge is -2.18. The van der Waals surface area contributed by atoms with Gasteiger partial charge in [-0.25, -0.2) is 17.9 Å². The van der Waals surface area contributed by atoms with Crippen molar-refractivity contribution in [3.05, 3.63) is 28.7 Å². The smallest absolute Gasteiger partial charge is 0.328 e. The number of hydrogen-bond acceptors (Lipinski definition) is 4. The van der Waals surface area contributed by atoms with E-state index in [2.05, 4.69) is 4.72 Å². The number of nitrogens with one attached hydrogen (secondary N) is 1. The predicted molar refractivity (Wildman–Crippen MR) is 90.8 cm³/mol. The summed E-state index contributed by atoms with van der Waals surface area (Å²) in [4.78, 5) is 12.1. The maximum atomic E-state index is 12.6. The normalized spacial score (nSPS) is 13.8. The zero-order valence-corrected chi connectivity index (χ0v) is 14.7. The first-order valence-corrected chi connectivity index (χ1v) is 9.03. The summed E-state index contributed by atoms with van der Waals surface area (Å²) in [7, 11) is -0.406. The molecular weight excluding hydrogens is 316 g/mol. The summed E-state index contributed by atoms with van der Waals surface area (Å²) in [5.41, 5.74) is 6.74. The topological polar surface area (TPSA) is 99.1 Å². The zero-order valence-electron chi connectivity index (χ0n) is 13.9. The third-order valence-corrected chi connectivity index (χ3v) is 5.43. The quantitative estimate of drug-likeness (QED) is 0.801. The molecule has 0 saturated carbocycles. The Balaban J connectivity index is 2.42. The van der Waals surface area contributed by atoms with Crippen molar-refractivity contribution in [2.24, 2.45) is 25.7 Å². The molecule has 1 atom stereocenters. The second kappa shape index (κ2) is 6.46. The number of rotatable bonds is 6. The van der Waals surface area contributed by atoms with E-state index in [1.807, 2.05) is 13.8 Å². The second-order valence-electron chi connectivity index (χ2n) is 6.23. The van der Waals surface area contributed by atoms with Crippen molar-refractivity contribution in [1.29, 1.82) is 0 Å². The first kappa shape index (κ1) is 17.7. The van der Waals surface area contributed by atoms with E-state index in [4.69, 9.17) is 5.73 Å². The number of fused-ring (bicyclic) bond motifs is 1. The Morgan fingerprint density at radius 2 is 1.78 bits per heavy atom. The Hall–Kier alpha value is -1.64. The average Bonchev–Trinajstić information content (AvgIpc) is 2.70. The van der Waals surface area contributed by atoms with Gasteiger partial charge in [0.05, 0.1) is 15.9 Å². The largest absolute Gasteiger partial charge is 0.329 e. The molecule has 0 spiro atoms. The highest BCUT2D eigenvalue weighted by atomic mass is 32.2. The Bertz CT molecular complexity index is 865. The Morgan fingerprint density at radius 3 is 2.35 bits per heavy atom. The Kier molecular flexibility index (Phi) is 4.98. The summed E-state index contributed by atoms with van der Waals surface area (Å²) in [6.45, 7) is 4.27. The highest BCUT2D eigenvalue weighted by Gasteiger charge is 2.21. The minimum absolute atomic E-state index is 0.133. The van der Waals surface area contributed by atoms with E-state index in [0.717, 1.165) is 0 Å². The van der Waals surface area contributed by atoms with Gasteiger partial charge in [-0.1, -0.05) is 13.8 Å². The fourth-order valence-electron chi connectivity index (χ4n) is 2.70. The van der Waals surface area contributed by atoms with Gasteiger partial charge < -0.3 is 5.73 Å². The maximum absolute atomic E-state index is 12.6. The van der Waals surface area contributed by atoms with Crippen LogP contribution in [0.3, 0.4) is 0 Å². The van der Waals surface area contributed by atoms with E-state index in [-0.39, 0.29) is 23.2 Å². The SMILES string of the molecule is CC(C)CC(CN)NS(=O)(=O)c1ccc2c(c1)n(C)c(=O)n2C. The van der Waals surface area contributed by atoms with E-state index >= 15 is 0 Å². The van der Waals surface area contributed by atoms with Crippen LogP contribution in [0.2, 0.25) is 0 Å². The van der Waals surface area contributed by atoms with Crippen molar-refractivity contribution >= 4 is 21.1 Å². The number of aryl methyl sites for hydroxylation is 2. The molecule has 7 nitrogen and oxygen atoms in total. The lowest BCUT2D eigenvalue weighted by molar-refractivity contribution is 0.465. The van der Waals surface area contributed by atoms with E-state index in [1.54, 1.807) is 20.2 Å². The van der Waals surface area contributed by atoms with Crippen LogP contribution in [-0.2, 0) is 24.1 Å². The summed E-state index contributed by atoms with van der Waals surface area (Å²) < 4.78 is 30.7. The van der Waals surface area contributed by atoms with Crippen LogP contribution in [0.25, 0.3) is 11.0 Å². The van der Waals surface area contributed by atoms with Crippen molar-refractivity contribution in [1.82, 2.24) is 13.9 Å². The van der Waals surface area contributed by atoms with Gasteiger partial charge in [0.25, 0.3) is 0 Å². The van der Waals surface area contributed by atoms with Crippen molar-refractivity contribution in [2.45, 2.75) is 31.2 Å². The Labute approximate surface area is 136 Å². The van der Waals surface area contributed by atoms with E-state index in [9.17, 15) is 13.2 Å². The van der Waals surface area contributed by atoms with Crippen LogP contribution in [0.4, 0.5) is 0 Å². The summed E-state index contributed by atoms with van der Waals surface area (Å²) >= 11 is 0. The van der Waals surface area contributed by atoms with Crippen LogP contribution in [0.5, 0.6) is 0 Å². The monoisotopic (exact) mass is 340 g/mol. The average molecular weight is 340 g/mol. The maximum Gasteiger partial charge on any atom is 0.328 e. The molecule has 0 aliphatic heterocycles. The van der Waals surface area contributed by atoms with Crippen LogP contribution in [0.1, 0.15) is 20.3 Å². The van der Waals surface area contributed by atoms with Gasteiger partial charge in [0.2, 0.25) is 10.0 Å². The lowest BCUT2D eigenvalue weighted by Crippen LogP contribution is -2.40. The van der Waals surface area contributed by atoms with E-state index in [0.29, 0.717) is 23.4 Å². The standard InChI is InChI=1S/C15H24N4O3S/c1-10(2)7-11(9-16)17-23(21,22)12-5-6-13-14(8-12)19(4)15(20)18(13)3/h5-6,8,10-11,17H,7,9,16H2,1-4H3.